The number of nitrogens with zero attached hydrogens (tertiary/aromatic N) is 3. The third-order valence-corrected chi connectivity index (χ3v) is 7.80. The van der Waals surface area contributed by atoms with E-state index in [4.69, 9.17) is 4.74 Å². The van der Waals surface area contributed by atoms with Gasteiger partial charge in [-0.15, -0.1) is 0 Å². The second kappa shape index (κ2) is 10.3. The Morgan fingerprint density at radius 2 is 1.97 bits per heavy atom. The van der Waals surface area contributed by atoms with Crippen molar-refractivity contribution in [2.75, 3.05) is 64.9 Å². The van der Waals surface area contributed by atoms with Crippen LogP contribution in [0.3, 0.4) is 0 Å². The van der Waals surface area contributed by atoms with Gasteiger partial charge in [0.15, 0.2) is 0 Å². The van der Waals surface area contributed by atoms with Crippen LogP contribution in [-0.4, -0.2) is 89.6 Å². The summed E-state index contributed by atoms with van der Waals surface area (Å²) >= 11 is 0. The Kier molecular flexibility index (Phi) is 7.96. The maximum Gasteiger partial charge on any atom is 0.253 e. The van der Waals surface area contributed by atoms with Crippen LogP contribution in [0.1, 0.15) is 37.0 Å². The summed E-state index contributed by atoms with van der Waals surface area (Å²) in [7, 11) is -0.650. The molecule has 0 aliphatic carbocycles. The molecule has 1 N–H and O–H groups in total. The van der Waals surface area contributed by atoms with Crippen LogP contribution >= 0.6 is 0 Å². The Labute approximate surface area is 186 Å². The zero-order chi connectivity index (χ0) is 22.6. The first-order valence-electron chi connectivity index (χ1n) is 11.1. The van der Waals surface area contributed by atoms with Gasteiger partial charge in [-0.05, 0) is 50.4 Å². The van der Waals surface area contributed by atoms with Crippen molar-refractivity contribution in [3.05, 3.63) is 23.8 Å². The molecule has 2 aliphatic rings. The van der Waals surface area contributed by atoms with E-state index < -0.39 is 10.0 Å². The lowest BCUT2D eigenvalue weighted by molar-refractivity contribution is 0.0918. The number of hydrogen-bond acceptors (Lipinski definition) is 6. The highest BCUT2D eigenvalue weighted by molar-refractivity contribution is 7.89. The van der Waals surface area contributed by atoms with Gasteiger partial charge in [0.2, 0.25) is 10.0 Å². The molecule has 2 unspecified atom stereocenters. The number of hydrogen-bond donors (Lipinski definition) is 1. The molecule has 1 amide bonds. The van der Waals surface area contributed by atoms with Crippen LogP contribution in [0.5, 0.6) is 0 Å². The van der Waals surface area contributed by atoms with Crippen LogP contribution in [-0.2, 0) is 14.8 Å². The predicted octanol–water partition coefficient (Wildman–Crippen LogP) is 1.62. The van der Waals surface area contributed by atoms with E-state index in [1.165, 1.54) is 37.3 Å². The van der Waals surface area contributed by atoms with Crippen LogP contribution < -0.4 is 10.2 Å². The monoisotopic (exact) mass is 452 g/mol. The summed E-state index contributed by atoms with van der Waals surface area (Å²) in [5, 5.41) is 3.10. The number of rotatable bonds is 7. The molecule has 2 atom stereocenters. The van der Waals surface area contributed by atoms with Crippen molar-refractivity contribution in [1.82, 2.24) is 14.5 Å². The SMILES string of the molecule is CC1CCCN(CC(C)NC(=O)c2cc(S(=O)(=O)N(C)C)ccc2N2CCOCC2)C1. The van der Waals surface area contributed by atoms with Gasteiger partial charge in [0, 0.05) is 52.0 Å². The van der Waals surface area contributed by atoms with Crippen LogP contribution in [0.15, 0.2) is 23.1 Å². The third kappa shape index (κ3) is 5.97. The Bertz CT molecular complexity index is 868. The minimum Gasteiger partial charge on any atom is -0.378 e. The van der Waals surface area contributed by atoms with E-state index in [2.05, 4.69) is 22.0 Å². The van der Waals surface area contributed by atoms with Crippen molar-refractivity contribution in [3.63, 3.8) is 0 Å². The molecule has 9 heteroatoms. The second-order valence-corrected chi connectivity index (χ2v) is 11.1. The summed E-state index contributed by atoms with van der Waals surface area (Å²) in [5.74, 6) is 0.437. The predicted molar refractivity (Wildman–Crippen MR) is 122 cm³/mol. The molecule has 2 saturated heterocycles. The largest absolute Gasteiger partial charge is 0.378 e. The molecule has 2 fully saturated rings. The number of benzene rings is 1. The number of ether oxygens (including phenoxy) is 1. The van der Waals surface area contributed by atoms with E-state index in [9.17, 15) is 13.2 Å². The molecule has 0 saturated carbocycles. The highest BCUT2D eigenvalue weighted by Crippen LogP contribution is 2.26. The average molecular weight is 453 g/mol. The van der Waals surface area contributed by atoms with Gasteiger partial charge in [0.25, 0.3) is 5.91 Å². The molecule has 31 heavy (non-hydrogen) atoms. The van der Waals surface area contributed by atoms with Gasteiger partial charge in [-0.1, -0.05) is 6.92 Å². The van der Waals surface area contributed by atoms with Gasteiger partial charge in [-0.25, -0.2) is 12.7 Å². The van der Waals surface area contributed by atoms with Gasteiger partial charge in [0.1, 0.15) is 0 Å². The minimum absolute atomic E-state index is 0.0375. The van der Waals surface area contributed by atoms with Crippen LogP contribution in [0.2, 0.25) is 0 Å². The van der Waals surface area contributed by atoms with Crippen LogP contribution in [0.4, 0.5) is 5.69 Å². The molecular weight excluding hydrogens is 416 g/mol. The number of sulfonamides is 1. The number of piperidine rings is 1. The molecule has 0 radical (unpaired) electrons. The normalized spacial score (nSPS) is 21.8. The molecule has 1 aromatic rings. The maximum absolute atomic E-state index is 13.3. The number of likely N-dealkylation sites (tertiary alicyclic amines) is 1. The standard InChI is InChI=1S/C22H36N4O4S/c1-17-6-5-9-25(15-17)16-18(2)23-22(27)20-14-19(31(28,29)24(3)4)7-8-21(20)26-10-12-30-13-11-26/h7-8,14,17-18H,5-6,9-13,15-16H2,1-4H3,(H,23,27). The number of nitrogens with one attached hydrogen (secondary N) is 1. The number of anilines is 1. The van der Waals surface area contributed by atoms with E-state index in [-0.39, 0.29) is 16.8 Å². The fourth-order valence-corrected chi connectivity index (χ4v) is 5.26. The van der Waals surface area contributed by atoms with Crippen molar-refractivity contribution < 1.29 is 17.9 Å². The zero-order valence-corrected chi connectivity index (χ0v) is 20.0. The van der Waals surface area contributed by atoms with Crippen molar-refractivity contribution in [1.29, 1.82) is 0 Å². The molecule has 3 rings (SSSR count). The number of carbonyl (C=O) groups excluding carboxylic acids is 1. The quantitative estimate of drug-likeness (QED) is 0.677. The first-order valence-corrected chi connectivity index (χ1v) is 12.5. The molecule has 0 bridgehead atoms. The first kappa shape index (κ1) is 24.0. The number of amides is 1. The van der Waals surface area contributed by atoms with Crippen molar-refractivity contribution >= 4 is 21.6 Å². The Hall–Kier alpha value is -1.68. The van der Waals surface area contributed by atoms with Crippen LogP contribution in [0, 0.1) is 5.92 Å². The lowest BCUT2D eigenvalue weighted by atomic mass is 10.00. The summed E-state index contributed by atoms with van der Waals surface area (Å²) in [6.07, 6.45) is 2.45. The van der Waals surface area contributed by atoms with E-state index >= 15 is 0 Å². The van der Waals surface area contributed by atoms with Crippen LogP contribution in [0.25, 0.3) is 0 Å². The fraction of sp³-hybridized carbons (Fsp3) is 0.682. The second-order valence-electron chi connectivity index (χ2n) is 8.95. The highest BCUT2D eigenvalue weighted by Gasteiger charge is 2.25. The summed E-state index contributed by atoms with van der Waals surface area (Å²) in [6.45, 7) is 9.68. The zero-order valence-electron chi connectivity index (χ0n) is 19.1. The van der Waals surface area contributed by atoms with Crippen molar-refractivity contribution in [2.45, 2.75) is 37.6 Å². The highest BCUT2D eigenvalue weighted by atomic mass is 32.2. The van der Waals surface area contributed by atoms with Gasteiger partial charge >= 0.3 is 0 Å². The van der Waals surface area contributed by atoms with Gasteiger partial charge in [0.05, 0.1) is 23.7 Å². The summed E-state index contributed by atoms with van der Waals surface area (Å²) in [5.41, 5.74) is 1.14. The van der Waals surface area contributed by atoms with Crippen molar-refractivity contribution in [2.24, 2.45) is 5.92 Å². The van der Waals surface area contributed by atoms with E-state index in [1.54, 1.807) is 12.1 Å². The first-order chi connectivity index (χ1) is 14.7. The summed E-state index contributed by atoms with van der Waals surface area (Å²) in [4.78, 5) is 17.9. The number of morpholine rings is 1. The molecule has 8 nitrogen and oxygen atoms in total. The van der Waals surface area contributed by atoms with Gasteiger partial charge < -0.3 is 19.9 Å². The van der Waals surface area contributed by atoms with Gasteiger partial charge in [-0.2, -0.15) is 0 Å². The molecule has 0 aromatic heterocycles. The average Bonchev–Trinajstić information content (AvgIpc) is 2.73. The molecule has 174 valence electrons. The third-order valence-electron chi connectivity index (χ3n) is 5.99. The molecule has 2 heterocycles. The molecular formula is C22H36N4O4S. The van der Waals surface area contributed by atoms with E-state index in [0.29, 0.717) is 37.8 Å². The lowest BCUT2D eigenvalue weighted by Gasteiger charge is -2.33. The van der Waals surface area contributed by atoms with Gasteiger partial charge in [-0.3, -0.25) is 4.79 Å². The number of carbonyl (C=O) groups is 1. The summed E-state index contributed by atoms with van der Waals surface area (Å²) < 4.78 is 31.9. The summed E-state index contributed by atoms with van der Waals surface area (Å²) in [6, 6.07) is 4.79. The van der Waals surface area contributed by atoms with Crippen molar-refractivity contribution in [3.8, 4) is 0 Å². The molecule has 1 aromatic carbocycles. The Morgan fingerprint density at radius 3 is 2.61 bits per heavy atom. The van der Waals surface area contributed by atoms with E-state index in [0.717, 1.165) is 25.3 Å². The smallest absolute Gasteiger partial charge is 0.253 e. The Morgan fingerprint density at radius 1 is 1.26 bits per heavy atom. The maximum atomic E-state index is 13.3. The lowest BCUT2D eigenvalue weighted by Crippen LogP contribution is -2.45. The fourth-order valence-electron chi connectivity index (χ4n) is 4.34. The minimum atomic E-state index is -3.64. The topological polar surface area (TPSA) is 82.2 Å². The Balaban J connectivity index is 1.82. The molecule has 0 spiro atoms. The molecule has 2 aliphatic heterocycles. The van der Waals surface area contributed by atoms with E-state index in [1.807, 2.05) is 6.92 Å².